The Morgan fingerprint density at radius 3 is 2.73 bits per heavy atom. The zero-order valence-electron chi connectivity index (χ0n) is 5.92. The highest BCUT2D eigenvalue weighted by molar-refractivity contribution is 5.93. The summed E-state index contributed by atoms with van der Waals surface area (Å²) in [7, 11) is 0. The number of H-pyrrole nitrogens is 1. The van der Waals surface area contributed by atoms with Gasteiger partial charge in [0.05, 0.1) is 5.56 Å². The Hall–Kier alpha value is -1.58. The second-order valence-electron chi connectivity index (χ2n) is 2.16. The molecule has 0 bridgehead atoms. The summed E-state index contributed by atoms with van der Waals surface area (Å²) in [6, 6.07) is 1.14. The summed E-state index contributed by atoms with van der Waals surface area (Å²) in [5.41, 5.74) is -0.500. The Kier molecular flexibility index (Phi) is 1.76. The molecule has 1 aromatic heterocycles. The normalized spacial score (nSPS) is 9.55. The molecule has 0 aliphatic rings. The highest BCUT2D eigenvalue weighted by Gasteiger charge is 2.04. The lowest BCUT2D eigenvalue weighted by Crippen LogP contribution is -2.14. The van der Waals surface area contributed by atoms with Gasteiger partial charge in [0.15, 0.2) is 5.78 Å². The molecular formula is C7H7NO3. The third kappa shape index (κ3) is 1.46. The minimum Gasteiger partial charge on any atom is -0.506 e. The molecule has 0 aliphatic heterocycles. The van der Waals surface area contributed by atoms with Crippen molar-refractivity contribution in [1.29, 1.82) is 0 Å². The lowest BCUT2D eigenvalue weighted by Gasteiger charge is -1.93. The van der Waals surface area contributed by atoms with Crippen molar-refractivity contribution in [2.24, 2.45) is 0 Å². The first-order valence-electron chi connectivity index (χ1n) is 3.04. The monoisotopic (exact) mass is 153 g/mol. The van der Waals surface area contributed by atoms with Crippen LogP contribution in [0.3, 0.4) is 0 Å². The van der Waals surface area contributed by atoms with Crippen LogP contribution in [-0.2, 0) is 0 Å². The molecule has 1 rings (SSSR count). The van der Waals surface area contributed by atoms with E-state index in [1.54, 1.807) is 0 Å². The first kappa shape index (κ1) is 7.53. The first-order valence-corrected chi connectivity index (χ1v) is 3.04. The number of ketones is 1. The van der Waals surface area contributed by atoms with E-state index in [0.717, 1.165) is 12.3 Å². The highest BCUT2D eigenvalue weighted by Crippen LogP contribution is 2.04. The molecule has 0 atom stereocenters. The van der Waals surface area contributed by atoms with Crippen LogP contribution in [-0.4, -0.2) is 15.9 Å². The largest absolute Gasteiger partial charge is 0.506 e. The van der Waals surface area contributed by atoms with Gasteiger partial charge in [-0.15, -0.1) is 0 Å². The van der Waals surface area contributed by atoms with Gasteiger partial charge in [-0.3, -0.25) is 9.59 Å². The summed E-state index contributed by atoms with van der Waals surface area (Å²) in [5, 5.41) is 8.86. The van der Waals surface area contributed by atoms with Gasteiger partial charge in [-0.25, -0.2) is 0 Å². The topological polar surface area (TPSA) is 70.2 Å². The molecule has 1 heterocycles. The number of aromatic nitrogens is 1. The van der Waals surface area contributed by atoms with Crippen molar-refractivity contribution in [3.05, 3.63) is 28.2 Å². The van der Waals surface area contributed by atoms with Crippen molar-refractivity contribution in [3.63, 3.8) is 0 Å². The number of carbonyl (C=O) groups excluding carboxylic acids is 1. The molecule has 11 heavy (non-hydrogen) atoms. The quantitative estimate of drug-likeness (QED) is 0.569. The Balaban J connectivity index is 3.35. The van der Waals surface area contributed by atoms with E-state index in [4.69, 9.17) is 5.11 Å². The summed E-state index contributed by atoms with van der Waals surface area (Å²) in [5.74, 6) is -0.475. The molecule has 0 aliphatic carbocycles. The molecule has 58 valence electrons. The van der Waals surface area contributed by atoms with Gasteiger partial charge in [0.25, 0.3) is 5.56 Å². The van der Waals surface area contributed by atoms with E-state index in [-0.39, 0.29) is 17.1 Å². The third-order valence-electron chi connectivity index (χ3n) is 1.27. The molecule has 0 fully saturated rings. The van der Waals surface area contributed by atoms with Gasteiger partial charge >= 0.3 is 0 Å². The second-order valence-corrected chi connectivity index (χ2v) is 2.16. The minimum atomic E-state index is -0.477. The summed E-state index contributed by atoms with van der Waals surface area (Å²) in [4.78, 5) is 23.7. The number of aromatic hydroxyl groups is 1. The lowest BCUT2D eigenvalue weighted by molar-refractivity contribution is 0.101. The molecular weight excluding hydrogens is 146 g/mol. The Morgan fingerprint density at radius 2 is 2.27 bits per heavy atom. The zero-order chi connectivity index (χ0) is 8.43. The molecule has 4 nitrogen and oxygen atoms in total. The molecule has 2 N–H and O–H groups in total. The van der Waals surface area contributed by atoms with Crippen LogP contribution in [0.25, 0.3) is 0 Å². The Morgan fingerprint density at radius 1 is 1.64 bits per heavy atom. The highest BCUT2D eigenvalue weighted by atomic mass is 16.3. The molecule has 0 unspecified atom stereocenters. The summed E-state index contributed by atoms with van der Waals surface area (Å²) < 4.78 is 0. The van der Waals surface area contributed by atoms with Gasteiger partial charge in [-0.2, -0.15) is 0 Å². The second kappa shape index (κ2) is 2.57. The number of aromatic amines is 1. The minimum absolute atomic E-state index is 0.0231. The van der Waals surface area contributed by atoms with Gasteiger partial charge in [0.2, 0.25) is 0 Å². The average molecular weight is 153 g/mol. The van der Waals surface area contributed by atoms with E-state index < -0.39 is 5.56 Å². The van der Waals surface area contributed by atoms with Crippen LogP contribution >= 0.6 is 0 Å². The average Bonchev–Trinajstić information content (AvgIpc) is 1.94. The standard InChI is InChI=1S/C7H7NO3/c1-4(9)6-2-5(10)3-8-7(6)11/h2-3,10H,1H3,(H,8,11). The van der Waals surface area contributed by atoms with Gasteiger partial charge in [0.1, 0.15) is 5.75 Å². The van der Waals surface area contributed by atoms with Crippen molar-refractivity contribution < 1.29 is 9.90 Å². The Labute approximate surface area is 62.5 Å². The molecule has 4 heteroatoms. The number of rotatable bonds is 1. The molecule has 0 radical (unpaired) electrons. The fraction of sp³-hybridized carbons (Fsp3) is 0.143. The molecule has 0 saturated heterocycles. The van der Waals surface area contributed by atoms with Crippen molar-refractivity contribution in [3.8, 4) is 5.75 Å². The van der Waals surface area contributed by atoms with Gasteiger partial charge in [0, 0.05) is 6.20 Å². The molecule has 0 spiro atoms. The maximum Gasteiger partial charge on any atom is 0.259 e. The van der Waals surface area contributed by atoms with Crippen molar-refractivity contribution in [2.45, 2.75) is 6.92 Å². The number of hydrogen-bond acceptors (Lipinski definition) is 3. The predicted molar refractivity (Wildman–Crippen MR) is 38.7 cm³/mol. The maximum atomic E-state index is 10.8. The van der Waals surface area contributed by atoms with Gasteiger partial charge in [-0.1, -0.05) is 0 Å². The SMILES string of the molecule is CC(=O)c1cc(O)c[nH]c1=O. The van der Waals surface area contributed by atoms with Crippen LogP contribution < -0.4 is 5.56 Å². The first-order chi connectivity index (χ1) is 5.11. The van der Waals surface area contributed by atoms with E-state index in [0.29, 0.717) is 0 Å². The van der Waals surface area contributed by atoms with Crippen LogP contribution in [0, 0.1) is 0 Å². The number of carbonyl (C=O) groups is 1. The van der Waals surface area contributed by atoms with E-state index in [2.05, 4.69) is 4.98 Å². The third-order valence-corrected chi connectivity index (χ3v) is 1.27. The number of nitrogens with one attached hydrogen (secondary N) is 1. The number of hydrogen-bond donors (Lipinski definition) is 2. The van der Waals surface area contributed by atoms with Crippen LogP contribution in [0.15, 0.2) is 17.1 Å². The van der Waals surface area contributed by atoms with Crippen LogP contribution in [0.1, 0.15) is 17.3 Å². The molecule has 0 amide bonds. The molecule has 0 aromatic carbocycles. The van der Waals surface area contributed by atoms with Gasteiger partial charge in [-0.05, 0) is 13.0 Å². The van der Waals surface area contributed by atoms with E-state index in [1.807, 2.05) is 0 Å². The van der Waals surface area contributed by atoms with Crippen molar-refractivity contribution in [1.82, 2.24) is 4.98 Å². The van der Waals surface area contributed by atoms with Crippen LogP contribution in [0.4, 0.5) is 0 Å². The van der Waals surface area contributed by atoms with Crippen molar-refractivity contribution >= 4 is 5.78 Å². The summed E-state index contributed by atoms with van der Waals surface area (Å²) in [6.07, 6.45) is 1.13. The molecule has 1 aromatic rings. The van der Waals surface area contributed by atoms with E-state index in [1.165, 1.54) is 6.92 Å². The van der Waals surface area contributed by atoms with Crippen LogP contribution in [0.2, 0.25) is 0 Å². The van der Waals surface area contributed by atoms with Crippen LogP contribution in [0.5, 0.6) is 5.75 Å². The number of pyridine rings is 1. The smallest absolute Gasteiger partial charge is 0.259 e. The fourth-order valence-electron chi connectivity index (χ4n) is 0.734. The lowest BCUT2D eigenvalue weighted by atomic mass is 10.2. The van der Waals surface area contributed by atoms with E-state index >= 15 is 0 Å². The predicted octanol–water partition coefficient (Wildman–Crippen LogP) is 0.283. The Bertz CT molecular complexity index is 340. The number of Topliss-reactive ketones (excluding diaryl/α,β-unsaturated/α-hetero) is 1. The summed E-state index contributed by atoms with van der Waals surface area (Å²) >= 11 is 0. The fourth-order valence-corrected chi connectivity index (χ4v) is 0.734. The maximum absolute atomic E-state index is 10.8. The zero-order valence-corrected chi connectivity index (χ0v) is 5.92. The summed E-state index contributed by atoms with van der Waals surface area (Å²) in [6.45, 7) is 1.27. The van der Waals surface area contributed by atoms with Gasteiger partial charge < -0.3 is 10.1 Å². The van der Waals surface area contributed by atoms with Crippen molar-refractivity contribution in [2.75, 3.05) is 0 Å². The van der Waals surface area contributed by atoms with E-state index in [9.17, 15) is 9.59 Å². The molecule has 0 saturated carbocycles.